The first kappa shape index (κ1) is 12.9. The van der Waals surface area contributed by atoms with Crippen LogP contribution in [0.4, 0.5) is 0 Å². The summed E-state index contributed by atoms with van der Waals surface area (Å²) in [5.41, 5.74) is 1.70. The van der Waals surface area contributed by atoms with Gasteiger partial charge in [-0.15, -0.1) is 0 Å². The Morgan fingerprint density at radius 3 is 3.00 bits per heavy atom. The number of carbonyl (C=O) groups is 1. The van der Waals surface area contributed by atoms with Crippen LogP contribution in [0.25, 0.3) is 11.4 Å². The van der Waals surface area contributed by atoms with Crippen LogP contribution in [0.15, 0.2) is 40.7 Å². The Kier molecular flexibility index (Phi) is 4.02. The monoisotopic (exact) mass is 258 g/mol. The third kappa shape index (κ3) is 3.74. The zero-order valence-corrected chi connectivity index (χ0v) is 10.8. The highest BCUT2D eigenvalue weighted by molar-refractivity contribution is 5.87. The van der Waals surface area contributed by atoms with Crippen molar-refractivity contribution < 1.29 is 9.32 Å². The minimum atomic E-state index is -0.180. The van der Waals surface area contributed by atoms with E-state index in [1.165, 1.54) is 6.08 Å². The molecule has 1 N–H and O–H groups in total. The summed E-state index contributed by atoms with van der Waals surface area (Å²) in [6, 6.07) is 3.63. The van der Waals surface area contributed by atoms with Gasteiger partial charge in [0.2, 0.25) is 17.6 Å². The molecule has 2 heterocycles. The number of nitrogens with one attached hydrogen (secondary N) is 1. The smallest absolute Gasteiger partial charge is 0.246 e. The minimum absolute atomic E-state index is 0.180. The summed E-state index contributed by atoms with van der Waals surface area (Å²) in [5, 5.41) is 6.50. The second-order valence-electron chi connectivity index (χ2n) is 4.19. The van der Waals surface area contributed by atoms with Crippen LogP contribution in [0, 0.1) is 0 Å². The average molecular weight is 258 g/mol. The van der Waals surface area contributed by atoms with Gasteiger partial charge < -0.3 is 9.84 Å². The standard InChI is InChI=1S/C13H14N4O2/c1-9(2)6-11(18)15-8-12-16-13(17-19-12)10-4-3-5-14-7-10/h3-7H,8H2,1-2H3,(H,15,18). The van der Waals surface area contributed by atoms with Crippen molar-refractivity contribution in [2.45, 2.75) is 20.4 Å². The van der Waals surface area contributed by atoms with Crippen LogP contribution < -0.4 is 5.32 Å². The first-order valence-corrected chi connectivity index (χ1v) is 5.81. The lowest BCUT2D eigenvalue weighted by molar-refractivity contribution is -0.116. The first-order chi connectivity index (χ1) is 9.15. The van der Waals surface area contributed by atoms with Crippen molar-refractivity contribution in [3.05, 3.63) is 42.1 Å². The summed E-state index contributed by atoms with van der Waals surface area (Å²) in [7, 11) is 0. The number of aromatic nitrogens is 3. The van der Waals surface area contributed by atoms with Gasteiger partial charge in [-0.1, -0.05) is 10.7 Å². The highest BCUT2D eigenvalue weighted by Crippen LogP contribution is 2.13. The Morgan fingerprint density at radius 1 is 1.47 bits per heavy atom. The number of hydrogen-bond acceptors (Lipinski definition) is 5. The SMILES string of the molecule is CC(C)=CC(=O)NCc1nc(-c2cccnc2)no1. The van der Waals surface area contributed by atoms with Gasteiger partial charge in [0.15, 0.2) is 0 Å². The van der Waals surface area contributed by atoms with Gasteiger partial charge in [-0.25, -0.2) is 0 Å². The van der Waals surface area contributed by atoms with Gasteiger partial charge in [-0.2, -0.15) is 4.98 Å². The van der Waals surface area contributed by atoms with E-state index >= 15 is 0 Å². The molecule has 1 amide bonds. The lowest BCUT2D eigenvalue weighted by Crippen LogP contribution is -2.20. The molecule has 2 aromatic heterocycles. The van der Waals surface area contributed by atoms with E-state index in [1.54, 1.807) is 18.5 Å². The molecule has 6 heteroatoms. The third-order valence-corrected chi connectivity index (χ3v) is 2.22. The van der Waals surface area contributed by atoms with Crippen LogP contribution in [0.1, 0.15) is 19.7 Å². The molecule has 98 valence electrons. The van der Waals surface area contributed by atoms with E-state index in [4.69, 9.17) is 4.52 Å². The summed E-state index contributed by atoms with van der Waals surface area (Å²) in [6.07, 6.45) is 4.83. The molecule has 0 atom stereocenters. The van der Waals surface area contributed by atoms with Crippen molar-refractivity contribution in [1.82, 2.24) is 20.4 Å². The average Bonchev–Trinajstić information content (AvgIpc) is 2.85. The quantitative estimate of drug-likeness (QED) is 0.844. The summed E-state index contributed by atoms with van der Waals surface area (Å²) in [5.74, 6) is 0.634. The maximum absolute atomic E-state index is 11.4. The Balaban J connectivity index is 1.99. The van der Waals surface area contributed by atoms with Crippen LogP contribution in [-0.4, -0.2) is 21.0 Å². The number of amides is 1. The van der Waals surface area contributed by atoms with E-state index in [0.717, 1.165) is 11.1 Å². The maximum atomic E-state index is 11.4. The van der Waals surface area contributed by atoms with E-state index in [2.05, 4.69) is 20.4 Å². The second kappa shape index (κ2) is 5.90. The second-order valence-corrected chi connectivity index (χ2v) is 4.19. The molecule has 0 radical (unpaired) electrons. The van der Waals surface area contributed by atoms with E-state index in [-0.39, 0.29) is 12.5 Å². The number of allylic oxidation sites excluding steroid dienone is 1. The molecule has 0 aromatic carbocycles. The molecule has 19 heavy (non-hydrogen) atoms. The Bertz CT molecular complexity index is 586. The summed E-state index contributed by atoms with van der Waals surface area (Å²) < 4.78 is 5.05. The Morgan fingerprint density at radius 2 is 2.32 bits per heavy atom. The van der Waals surface area contributed by atoms with Crippen LogP contribution in [0.5, 0.6) is 0 Å². The van der Waals surface area contributed by atoms with Gasteiger partial charge in [0, 0.05) is 24.0 Å². The molecule has 6 nitrogen and oxygen atoms in total. The molecule has 0 saturated carbocycles. The molecule has 0 fully saturated rings. The number of nitrogens with zero attached hydrogens (tertiary/aromatic N) is 3. The van der Waals surface area contributed by atoms with E-state index in [9.17, 15) is 4.79 Å². The molecule has 0 bridgehead atoms. The fraction of sp³-hybridized carbons (Fsp3) is 0.231. The third-order valence-electron chi connectivity index (χ3n) is 2.22. The zero-order valence-electron chi connectivity index (χ0n) is 10.8. The molecule has 2 rings (SSSR count). The van der Waals surface area contributed by atoms with Gasteiger partial charge in [0.25, 0.3) is 0 Å². The molecule has 0 aliphatic rings. The molecular weight excluding hydrogens is 244 g/mol. The lowest BCUT2D eigenvalue weighted by Gasteiger charge is -1.97. The van der Waals surface area contributed by atoms with Crippen molar-refractivity contribution in [3.63, 3.8) is 0 Å². The number of rotatable bonds is 4. The number of carbonyl (C=O) groups excluding carboxylic acids is 1. The van der Waals surface area contributed by atoms with Gasteiger partial charge in [0.05, 0.1) is 6.54 Å². The van der Waals surface area contributed by atoms with Crippen molar-refractivity contribution in [1.29, 1.82) is 0 Å². The van der Waals surface area contributed by atoms with Crippen molar-refractivity contribution >= 4 is 5.91 Å². The Hall–Kier alpha value is -2.50. The van der Waals surface area contributed by atoms with Gasteiger partial charge >= 0.3 is 0 Å². The largest absolute Gasteiger partial charge is 0.343 e. The maximum Gasteiger partial charge on any atom is 0.246 e. The van der Waals surface area contributed by atoms with E-state index in [0.29, 0.717) is 11.7 Å². The summed E-state index contributed by atoms with van der Waals surface area (Å²) >= 11 is 0. The molecule has 0 spiro atoms. The molecule has 2 aromatic rings. The predicted octanol–water partition coefficient (Wildman–Crippen LogP) is 1.71. The van der Waals surface area contributed by atoms with Gasteiger partial charge in [-0.3, -0.25) is 9.78 Å². The topological polar surface area (TPSA) is 80.9 Å². The van der Waals surface area contributed by atoms with Gasteiger partial charge in [0.1, 0.15) is 0 Å². The van der Waals surface area contributed by atoms with Crippen LogP contribution in [0.3, 0.4) is 0 Å². The normalized spacial score (nSPS) is 10.0. The summed E-state index contributed by atoms with van der Waals surface area (Å²) in [4.78, 5) is 19.6. The molecule has 0 aliphatic heterocycles. The van der Waals surface area contributed by atoms with Crippen molar-refractivity contribution in [3.8, 4) is 11.4 Å². The van der Waals surface area contributed by atoms with Crippen molar-refractivity contribution in [2.75, 3.05) is 0 Å². The zero-order chi connectivity index (χ0) is 13.7. The lowest BCUT2D eigenvalue weighted by atomic mass is 10.3. The number of hydrogen-bond donors (Lipinski definition) is 1. The molecule has 0 aliphatic carbocycles. The van der Waals surface area contributed by atoms with E-state index < -0.39 is 0 Å². The van der Waals surface area contributed by atoms with E-state index in [1.807, 2.05) is 19.9 Å². The van der Waals surface area contributed by atoms with Crippen molar-refractivity contribution in [2.24, 2.45) is 0 Å². The van der Waals surface area contributed by atoms with Gasteiger partial charge in [-0.05, 0) is 26.0 Å². The fourth-order valence-corrected chi connectivity index (χ4v) is 1.41. The van der Waals surface area contributed by atoms with Crippen LogP contribution in [-0.2, 0) is 11.3 Å². The van der Waals surface area contributed by atoms with Crippen LogP contribution >= 0.6 is 0 Å². The highest BCUT2D eigenvalue weighted by atomic mass is 16.5. The molecular formula is C13H14N4O2. The molecule has 0 unspecified atom stereocenters. The highest BCUT2D eigenvalue weighted by Gasteiger charge is 2.08. The molecule has 0 saturated heterocycles. The van der Waals surface area contributed by atoms with Crippen LogP contribution in [0.2, 0.25) is 0 Å². The fourth-order valence-electron chi connectivity index (χ4n) is 1.41. The first-order valence-electron chi connectivity index (χ1n) is 5.81. The minimum Gasteiger partial charge on any atom is -0.343 e. The number of pyridine rings is 1. The summed E-state index contributed by atoms with van der Waals surface area (Å²) in [6.45, 7) is 3.91. The Labute approximate surface area is 110 Å². The predicted molar refractivity (Wildman–Crippen MR) is 68.8 cm³/mol.